The van der Waals surface area contributed by atoms with Crippen LogP contribution in [0.25, 0.3) is 0 Å². The molecule has 1 saturated carbocycles. The average molecular weight is 288 g/mol. The van der Waals surface area contributed by atoms with E-state index in [1.807, 2.05) is 45.2 Å². The number of hydrogen-bond acceptors (Lipinski definition) is 2. The molecule has 1 aromatic carbocycles. The van der Waals surface area contributed by atoms with Crippen molar-refractivity contribution in [1.29, 1.82) is 0 Å². The van der Waals surface area contributed by atoms with E-state index >= 15 is 0 Å². The quantitative estimate of drug-likeness (QED) is 0.874. The highest BCUT2D eigenvalue weighted by Gasteiger charge is 2.23. The topological polar surface area (TPSA) is 49.4 Å². The van der Waals surface area contributed by atoms with E-state index in [0.29, 0.717) is 18.2 Å². The van der Waals surface area contributed by atoms with Crippen molar-refractivity contribution in [3.8, 4) is 0 Å². The van der Waals surface area contributed by atoms with E-state index in [2.05, 4.69) is 5.32 Å². The van der Waals surface area contributed by atoms with Gasteiger partial charge in [-0.1, -0.05) is 26.0 Å². The van der Waals surface area contributed by atoms with Crippen LogP contribution < -0.4 is 5.32 Å². The van der Waals surface area contributed by atoms with Gasteiger partial charge >= 0.3 is 0 Å². The van der Waals surface area contributed by atoms with Crippen molar-refractivity contribution in [2.24, 2.45) is 5.92 Å². The van der Waals surface area contributed by atoms with Gasteiger partial charge in [-0.15, -0.1) is 0 Å². The SMILES string of the molecule is CCC(C)C(=O)N(C)Cc1ccc(C(=O)NC2CC2)cc1. The molecule has 1 atom stereocenters. The Bertz CT molecular complexity index is 506. The van der Waals surface area contributed by atoms with E-state index in [-0.39, 0.29) is 17.7 Å². The summed E-state index contributed by atoms with van der Waals surface area (Å²) in [6.07, 6.45) is 3.03. The largest absolute Gasteiger partial charge is 0.349 e. The van der Waals surface area contributed by atoms with Gasteiger partial charge in [-0.3, -0.25) is 9.59 Å². The standard InChI is InChI=1S/C17H24N2O2/c1-4-12(2)17(21)19(3)11-13-5-7-14(8-6-13)16(20)18-15-9-10-15/h5-8,12,15H,4,9-11H2,1-3H3,(H,18,20). The maximum Gasteiger partial charge on any atom is 0.251 e. The summed E-state index contributed by atoms with van der Waals surface area (Å²) in [7, 11) is 1.82. The number of benzene rings is 1. The minimum Gasteiger partial charge on any atom is -0.349 e. The zero-order valence-electron chi connectivity index (χ0n) is 13.1. The van der Waals surface area contributed by atoms with Crippen LogP contribution >= 0.6 is 0 Å². The van der Waals surface area contributed by atoms with Gasteiger partial charge in [-0.25, -0.2) is 0 Å². The lowest BCUT2D eigenvalue weighted by Gasteiger charge is -2.20. The van der Waals surface area contributed by atoms with Crippen molar-refractivity contribution in [2.45, 2.75) is 45.7 Å². The lowest BCUT2D eigenvalue weighted by molar-refractivity contribution is -0.134. The normalized spacial score (nSPS) is 15.4. The van der Waals surface area contributed by atoms with Gasteiger partial charge in [-0.2, -0.15) is 0 Å². The molecule has 0 spiro atoms. The Morgan fingerprint density at radius 2 is 1.90 bits per heavy atom. The number of carbonyl (C=O) groups excluding carboxylic acids is 2. The fourth-order valence-electron chi connectivity index (χ4n) is 2.16. The molecule has 1 aliphatic rings. The van der Waals surface area contributed by atoms with Crippen LogP contribution in [0.5, 0.6) is 0 Å². The lowest BCUT2D eigenvalue weighted by Crippen LogP contribution is -2.31. The number of nitrogens with zero attached hydrogens (tertiary/aromatic N) is 1. The van der Waals surface area contributed by atoms with Gasteiger partial charge in [0.15, 0.2) is 0 Å². The van der Waals surface area contributed by atoms with Gasteiger partial charge < -0.3 is 10.2 Å². The summed E-state index contributed by atoms with van der Waals surface area (Å²) < 4.78 is 0. The van der Waals surface area contributed by atoms with Gasteiger partial charge in [-0.05, 0) is 37.0 Å². The van der Waals surface area contributed by atoms with Crippen molar-refractivity contribution in [2.75, 3.05) is 7.05 Å². The van der Waals surface area contributed by atoms with Crippen LogP contribution in [0.15, 0.2) is 24.3 Å². The molecule has 2 rings (SSSR count). The summed E-state index contributed by atoms with van der Waals surface area (Å²) in [5.41, 5.74) is 1.72. The van der Waals surface area contributed by atoms with E-state index in [1.165, 1.54) is 0 Å². The molecule has 1 unspecified atom stereocenters. The molecule has 21 heavy (non-hydrogen) atoms. The van der Waals surface area contributed by atoms with Gasteiger partial charge in [0.1, 0.15) is 0 Å². The van der Waals surface area contributed by atoms with E-state index < -0.39 is 0 Å². The van der Waals surface area contributed by atoms with Gasteiger partial charge in [0, 0.05) is 31.1 Å². The maximum absolute atomic E-state index is 12.0. The van der Waals surface area contributed by atoms with Crippen LogP contribution in [0.4, 0.5) is 0 Å². The smallest absolute Gasteiger partial charge is 0.251 e. The molecule has 4 nitrogen and oxygen atoms in total. The lowest BCUT2D eigenvalue weighted by atomic mass is 10.1. The molecular formula is C17H24N2O2. The van der Waals surface area contributed by atoms with Crippen molar-refractivity contribution in [3.05, 3.63) is 35.4 Å². The van der Waals surface area contributed by atoms with Crippen molar-refractivity contribution < 1.29 is 9.59 Å². The predicted molar refractivity (Wildman–Crippen MR) is 82.9 cm³/mol. The monoisotopic (exact) mass is 288 g/mol. The van der Waals surface area contributed by atoms with E-state index in [0.717, 1.165) is 24.8 Å². The number of hydrogen-bond donors (Lipinski definition) is 1. The molecule has 114 valence electrons. The highest BCUT2D eigenvalue weighted by molar-refractivity contribution is 5.94. The summed E-state index contributed by atoms with van der Waals surface area (Å²) in [6, 6.07) is 7.87. The highest BCUT2D eigenvalue weighted by atomic mass is 16.2. The zero-order chi connectivity index (χ0) is 15.4. The van der Waals surface area contributed by atoms with Crippen molar-refractivity contribution in [3.63, 3.8) is 0 Å². The minimum absolute atomic E-state index is 0.00640. The Morgan fingerprint density at radius 3 is 2.43 bits per heavy atom. The third-order valence-electron chi connectivity index (χ3n) is 3.96. The molecule has 0 aromatic heterocycles. The molecule has 0 bridgehead atoms. The first kappa shape index (κ1) is 15.5. The number of carbonyl (C=O) groups is 2. The van der Waals surface area contributed by atoms with E-state index in [4.69, 9.17) is 0 Å². The third kappa shape index (κ3) is 4.31. The summed E-state index contributed by atoms with van der Waals surface area (Å²) in [5.74, 6) is 0.208. The summed E-state index contributed by atoms with van der Waals surface area (Å²) >= 11 is 0. The highest BCUT2D eigenvalue weighted by Crippen LogP contribution is 2.19. The van der Waals surface area contributed by atoms with Crippen LogP contribution in [-0.2, 0) is 11.3 Å². The second kappa shape index (κ2) is 6.74. The van der Waals surface area contributed by atoms with Gasteiger partial charge in [0.2, 0.25) is 5.91 Å². The second-order valence-corrected chi connectivity index (χ2v) is 5.95. The van der Waals surface area contributed by atoms with Crippen molar-refractivity contribution >= 4 is 11.8 Å². The van der Waals surface area contributed by atoms with Crippen LogP contribution in [0.3, 0.4) is 0 Å². The Morgan fingerprint density at radius 1 is 1.29 bits per heavy atom. The minimum atomic E-state index is -0.00640. The predicted octanol–water partition coefficient (Wildman–Crippen LogP) is 2.58. The first-order valence-electron chi connectivity index (χ1n) is 7.66. The Labute approximate surface area is 126 Å². The molecule has 1 fully saturated rings. The molecular weight excluding hydrogens is 264 g/mol. The fraction of sp³-hybridized carbons (Fsp3) is 0.529. The van der Waals surface area contributed by atoms with Crippen molar-refractivity contribution in [1.82, 2.24) is 10.2 Å². The summed E-state index contributed by atoms with van der Waals surface area (Å²) in [5, 5.41) is 2.97. The molecule has 0 heterocycles. The van der Waals surface area contributed by atoms with Gasteiger partial charge in [0.25, 0.3) is 5.91 Å². The molecule has 1 aromatic rings. The Balaban J connectivity index is 1.92. The zero-order valence-corrected chi connectivity index (χ0v) is 13.1. The molecule has 1 N–H and O–H groups in total. The fourth-order valence-corrected chi connectivity index (χ4v) is 2.16. The van der Waals surface area contributed by atoms with Gasteiger partial charge in [0.05, 0.1) is 0 Å². The van der Waals surface area contributed by atoms with Crippen LogP contribution in [0.1, 0.15) is 49.0 Å². The van der Waals surface area contributed by atoms with Crippen LogP contribution in [0, 0.1) is 5.92 Å². The Kier molecular flexibility index (Phi) is 4.99. The number of rotatable bonds is 6. The van der Waals surface area contributed by atoms with E-state index in [9.17, 15) is 9.59 Å². The average Bonchev–Trinajstić information content (AvgIpc) is 3.30. The Hall–Kier alpha value is -1.84. The number of amides is 2. The molecule has 4 heteroatoms. The molecule has 2 amide bonds. The maximum atomic E-state index is 12.0. The molecule has 0 aliphatic heterocycles. The summed E-state index contributed by atoms with van der Waals surface area (Å²) in [6.45, 7) is 4.54. The van der Waals surface area contributed by atoms with E-state index in [1.54, 1.807) is 4.90 Å². The molecule has 1 aliphatic carbocycles. The summed E-state index contributed by atoms with van der Waals surface area (Å²) in [4.78, 5) is 25.7. The van der Waals surface area contributed by atoms with Crippen LogP contribution in [-0.4, -0.2) is 29.8 Å². The first-order chi connectivity index (χ1) is 10.0. The molecule has 0 saturated heterocycles. The second-order valence-electron chi connectivity index (χ2n) is 5.95. The first-order valence-corrected chi connectivity index (χ1v) is 7.66. The van der Waals surface area contributed by atoms with Crippen LogP contribution in [0.2, 0.25) is 0 Å². The molecule has 0 radical (unpaired) electrons. The third-order valence-corrected chi connectivity index (χ3v) is 3.96. The number of nitrogens with one attached hydrogen (secondary N) is 1.